The highest BCUT2D eigenvalue weighted by atomic mass is 19.2. The Labute approximate surface area is 168 Å². The zero-order valence-corrected chi connectivity index (χ0v) is 16.8. The molecule has 0 spiro atoms. The number of rotatable bonds is 6. The first kappa shape index (κ1) is 23.8. The predicted octanol–water partition coefficient (Wildman–Crippen LogP) is 7.03. The first-order chi connectivity index (χ1) is 13.8. The van der Waals surface area contributed by atoms with Crippen LogP contribution in [0.1, 0.15) is 42.3 Å². The molecule has 0 saturated heterocycles. The maximum absolute atomic E-state index is 14.5. The van der Waals surface area contributed by atoms with Crippen LogP contribution in [0.2, 0.25) is 0 Å². The third kappa shape index (κ3) is 5.60. The topological polar surface area (TPSA) is 49.3 Å². The number of carboxylic acids is 1. The number of benzene rings is 2. The number of aryl methyl sites for hydroxylation is 1. The van der Waals surface area contributed by atoms with Crippen molar-refractivity contribution in [1.29, 1.82) is 0 Å². The molecule has 0 amide bonds. The maximum atomic E-state index is 14.5. The molecule has 0 heterocycles. The molecule has 0 fully saturated rings. The summed E-state index contributed by atoms with van der Waals surface area (Å²) < 4.78 is 42.8. The molecule has 2 aromatic rings. The Kier molecular flexibility index (Phi) is 8.93. The Hall–Kier alpha value is -3.28. The van der Waals surface area contributed by atoms with Crippen molar-refractivity contribution in [2.45, 2.75) is 27.7 Å². The molecule has 0 bridgehead atoms. The van der Waals surface area contributed by atoms with E-state index in [0.29, 0.717) is 11.1 Å². The summed E-state index contributed by atoms with van der Waals surface area (Å²) in [7, 11) is 0. The summed E-state index contributed by atoms with van der Waals surface area (Å²) in [6.45, 7) is 10.9. The lowest BCUT2D eigenvalue weighted by molar-refractivity contribution is 0.0697. The Morgan fingerprint density at radius 3 is 2.31 bits per heavy atom. The maximum Gasteiger partial charge on any atom is 0.338 e. The summed E-state index contributed by atoms with van der Waals surface area (Å²) >= 11 is 0. The lowest BCUT2D eigenvalue weighted by Gasteiger charge is -2.16. The summed E-state index contributed by atoms with van der Waals surface area (Å²) in [4.78, 5) is 11.8. The smallest absolute Gasteiger partial charge is 0.338 e. The fourth-order valence-corrected chi connectivity index (χ4v) is 2.59. The van der Waals surface area contributed by atoms with Crippen molar-refractivity contribution in [3.8, 4) is 0 Å². The van der Waals surface area contributed by atoms with Crippen LogP contribution in [0.3, 0.4) is 0 Å². The third-order valence-electron chi connectivity index (χ3n) is 3.77. The summed E-state index contributed by atoms with van der Waals surface area (Å²) in [5, 5.41) is 12.0. The lowest BCUT2D eigenvalue weighted by Crippen LogP contribution is -2.11. The van der Waals surface area contributed by atoms with Gasteiger partial charge in [0.25, 0.3) is 0 Å². The molecule has 3 nitrogen and oxygen atoms in total. The quantitative estimate of drug-likeness (QED) is 0.509. The minimum Gasteiger partial charge on any atom is -0.478 e. The average Bonchev–Trinajstić information content (AvgIpc) is 2.68. The molecule has 6 heteroatoms. The van der Waals surface area contributed by atoms with E-state index in [9.17, 15) is 23.1 Å². The summed E-state index contributed by atoms with van der Waals surface area (Å²) in [6.07, 6.45) is 6.02. The van der Waals surface area contributed by atoms with Crippen LogP contribution in [-0.4, -0.2) is 11.1 Å². The van der Waals surface area contributed by atoms with E-state index in [1.165, 1.54) is 30.4 Å². The average molecular weight is 403 g/mol. The van der Waals surface area contributed by atoms with E-state index in [1.54, 1.807) is 26.0 Å². The van der Waals surface area contributed by atoms with E-state index in [1.807, 2.05) is 13.8 Å². The Morgan fingerprint density at radius 2 is 1.79 bits per heavy atom. The Morgan fingerprint density at radius 1 is 1.14 bits per heavy atom. The highest BCUT2D eigenvalue weighted by molar-refractivity contribution is 6.02. The zero-order chi connectivity index (χ0) is 22.1. The molecule has 0 aliphatic rings. The molecule has 0 unspecified atom stereocenters. The number of hydrogen-bond donors (Lipinski definition) is 2. The molecular formula is C23H24F3NO2. The van der Waals surface area contributed by atoms with Gasteiger partial charge in [-0.3, -0.25) is 0 Å². The molecule has 0 aliphatic heterocycles. The number of hydrogen-bond acceptors (Lipinski definition) is 2. The Balaban J connectivity index is 0.00000204. The number of anilines is 2. The van der Waals surface area contributed by atoms with E-state index in [4.69, 9.17) is 0 Å². The van der Waals surface area contributed by atoms with Gasteiger partial charge in [0.15, 0.2) is 11.6 Å². The van der Waals surface area contributed by atoms with Crippen LogP contribution < -0.4 is 5.32 Å². The molecule has 2 aromatic carbocycles. The van der Waals surface area contributed by atoms with Crippen LogP contribution in [0, 0.1) is 24.4 Å². The number of carbonyl (C=O) groups is 1. The molecular weight excluding hydrogens is 379 g/mol. The first-order valence-corrected chi connectivity index (χ1v) is 9.04. The fourth-order valence-electron chi connectivity index (χ4n) is 2.59. The van der Waals surface area contributed by atoms with Crippen LogP contribution >= 0.6 is 0 Å². The molecule has 0 aliphatic carbocycles. The van der Waals surface area contributed by atoms with Crippen molar-refractivity contribution >= 4 is 22.9 Å². The second-order valence-electron chi connectivity index (χ2n) is 5.74. The first-order valence-electron chi connectivity index (χ1n) is 9.04. The number of carboxylic acid groups (broad SMARTS) is 1. The van der Waals surface area contributed by atoms with Crippen LogP contribution in [-0.2, 0) is 0 Å². The van der Waals surface area contributed by atoms with E-state index < -0.39 is 34.7 Å². The van der Waals surface area contributed by atoms with Crippen molar-refractivity contribution in [1.82, 2.24) is 0 Å². The minimum atomic E-state index is -1.49. The van der Waals surface area contributed by atoms with Gasteiger partial charge in [-0.25, -0.2) is 18.0 Å². The van der Waals surface area contributed by atoms with Gasteiger partial charge in [0.2, 0.25) is 0 Å². The SMILES string of the molecule is C=C/C=C(\C=C/C)c1cc(F)c(F)c(Nc2ccc(C)cc2F)c1C(=O)O.CC. The van der Waals surface area contributed by atoms with Gasteiger partial charge in [-0.15, -0.1) is 0 Å². The van der Waals surface area contributed by atoms with E-state index >= 15 is 0 Å². The van der Waals surface area contributed by atoms with Crippen LogP contribution in [0.5, 0.6) is 0 Å². The largest absolute Gasteiger partial charge is 0.478 e. The molecule has 0 radical (unpaired) electrons. The molecule has 154 valence electrons. The molecule has 2 rings (SSSR count). The van der Waals surface area contributed by atoms with Crippen molar-refractivity contribution < 1.29 is 23.1 Å². The van der Waals surface area contributed by atoms with E-state index in [0.717, 1.165) is 6.07 Å². The monoisotopic (exact) mass is 403 g/mol. The van der Waals surface area contributed by atoms with E-state index in [-0.39, 0.29) is 11.3 Å². The van der Waals surface area contributed by atoms with Gasteiger partial charge >= 0.3 is 5.97 Å². The van der Waals surface area contributed by atoms with Gasteiger partial charge in [0.1, 0.15) is 5.82 Å². The normalized spacial score (nSPS) is 11.1. The van der Waals surface area contributed by atoms with E-state index in [2.05, 4.69) is 11.9 Å². The van der Waals surface area contributed by atoms with Crippen molar-refractivity contribution in [3.63, 3.8) is 0 Å². The summed E-state index contributed by atoms with van der Waals surface area (Å²) in [6, 6.07) is 4.88. The van der Waals surface area contributed by atoms with Gasteiger partial charge < -0.3 is 10.4 Å². The highest BCUT2D eigenvalue weighted by Crippen LogP contribution is 2.34. The third-order valence-corrected chi connectivity index (χ3v) is 3.77. The van der Waals surface area contributed by atoms with Gasteiger partial charge in [0.05, 0.1) is 16.9 Å². The number of allylic oxidation sites excluding steroid dienone is 5. The van der Waals surface area contributed by atoms with Crippen LogP contribution in [0.15, 0.2) is 55.1 Å². The number of nitrogens with one attached hydrogen (secondary N) is 1. The number of aromatic carboxylic acids is 1. The fraction of sp³-hybridized carbons (Fsp3) is 0.174. The highest BCUT2D eigenvalue weighted by Gasteiger charge is 2.25. The van der Waals surface area contributed by atoms with Crippen molar-refractivity contribution in [3.05, 3.63) is 89.3 Å². The summed E-state index contributed by atoms with van der Waals surface area (Å²) in [5.41, 5.74) is -0.453. The second kappa shape index (κ2) is 10.9. The molecule has 2 N–H and O–H groups in total. The Bertz CT molecular complexity index is 963. The van der Waals surface area contributed by atoms with Crippen LogP contribution in [0.4, 0.5) is 24.5 Å². The standard InChI is InChI=1S/C21H18F3NO2.C2H6/c1-4-6-13(7-5-2)14-11-16(23)19(24)20(18(14)21(26)27)25-17-9-8-12(3)10-15(17)22;1-2/h4-11,25H,1H2,2-3H3,(H,26,27);1-2H3/b7-5-,13-6+;. The molecule has 0 saturated carbocycles. The molecule has 0 aromatic heterocycles. The lowest BCUT2D eigenvalue weighted by atomic mass is 9.96. The summed E-state index contributed by atoms with van der Waals surface area (Å²) in [5.74, 6) is -4.87. The van der Waals surface area contributed by atoms with Gasteiger partial charge in [-0.1, -0.05) is 50.8 Å². The van der Waals surface area contributed by atoms with Crippen LogP contribution in [0.25, 0.3) is 5.57 Å². The minimum absolute atomic E-state index is 0.0607. The molecule has 0 atom stereocenters. The number of halogens is 3. The second-order valence-corrected chi connectivity index (χ2v) is 5.74. The molecule has 29 heavy (non-hydrogen) atoms. The predicted molar refractivity (Wildman–Crippen MR) is 112 cm³/mol. The van der Waals surface area contributed by atoms with Gasteiger partial charge in [0, 0.05) is 5.56 Å². The van der Waals surface area contributed by atoms with Crippen molar-refractivity contribution in [2.24, 2.45) is 0 Å². The van der Waals surface area contributed by atoms with Crippen molar-refractivity contribution in [2.75, 3.05) is 5.32 Å². The van der Waals surface area contributed by atoms with Gasteiger partial charge in [-0.05, 0) is 43.2 Å². The zero-order valence-electron chi connectivity index (χ0n) is 16.8. The van der Waals surface area contributed by atoms with Gasteiger partial charge in [-0.2, -0.15) is 0 Å².